The molecule has 134 valence electrons. The summed E-state index contributed by atoms with van der Waals surface area (Å²) in [6.45, 7) is 3.62. The van der Waals surface area contributed by atoms with E-state index in [0.29, 0.717) is 45.0 Å². The van der Waals surface area contributed by atoms with Crippen LogP contribution in [0.15, 0.2) is 42.7 Å². The molecule has 1 amide bonds. The molecule has 0 bridgehead atoms. The third kappa shape index (κ3) is 4.43. The summed E-state index contributed by atoms with van der Waals surface area (Å²) in [5, 5.41) is 4.15. The predicted molar refractivity (Wildman–Crippen MR) is 91.4 cm³/mol. The zero-order valence-corrected chi connectivity index (χ0v) is 14.3. The lowest BCUT2D eigenvalue weighted by molar-refractivity contribution is -0.138. The molecule has 1 aliphatic rings. The number of amides is 1. The van der Waals surface area contributed by atoms with Gasteiger partial charge in [0.1, 0.15) is 11.9 Å². The Morgan fingerprint density at radius 1 is 1.36 bits per heavy atom. The Labute approximate surface area is 146 Å². The van der Waals surface area contributed by atoms with Gasteiger partial charge in [0.25, 0.3) is 0 Å². The molecule has 2 heterocycles. The van der Waals surface area contributed by atoms with Gasteiger partial charge in [0, 0.05) is 39.1 Å². The Kier molecular flexibility index (Phi) is 5.78. The number of nitrogens with zero attached hydrogens (tertiary/aromatic N) is 4. The average Bonchev–Trinajstić information content (AvgIpc) is 3.14. The number of carbonyl (C=O) groups excluding carboxylic acids is 1. The molecule has 1 fully saturated rings. The van der Waals surface area contributed by atoms with E-state index in [4.69, 9.17) is 4.74 Å². The molecule has 1 aliphatic heterocycles. The van der Waals surface area contributed by atoms with Crippen molar-refractivity contribution in [2.75, 3.05) is 39.9 Å². The smallest absolute Gasteiger partial charge is 0.244 e. The van der Waals surface area contributed by atoms with Crippen LogP contribution < -0.4 is 0 Å². The van der Waals surface area contributed by atoms with Crippen LogP contribution in [-0.2, 0) is 16.1 Å². The Morgan fingerprint density at radius 2 is 2.16 bits per heavy atom. The number of rotatable bonds is 6. The number of benzene rings is 1. The van der Waals surface area contributed by atoms with Crippen LogP contribution in [0.2, 0.25) is 0 Å². The van der Waals surface area contributed by atoms with Gasteiger partial charge in [-0.15, -0.1) is 0 Å². The molecule has 2 aromatic rings. The fourth-order valence-electron chi connectivity index (χ4n) is 3.03. The third-order valence-electron chi connectivity index (χ3n) is 4.41. The molecule has 6 nitrogen and oxygen atoms in total. The first-order valence-corrected chi connectivity index (χ1v) is 8.45. The van der Waals surface area contributed by atoms with Crippen LogP contribution in [0.4, 0.5) is 4.39 Å². The van der Waals surface area contributed by atoms with Gasteiger partial charge in [-0.3, -0.25) is 14.4 Å². The molecule has 7 heteroatoms. The standard InChI is InChI=1S/C18H23FN4O2/c1-21(8-9-23-7-3-6-20-23)18(24)17(22-10-12-25-13-11-22)15-4-2-5-16(19)14-15/h2-7,14,17H,8-13H2,1H3/t17-/m1/s1. The lowest BCUT2D eigenvalue weighted by atomic mass is 10.0. The summed E-state index contributed by atoms with van der Waals surface area (Å²) in [7, 11) is 1.78. The highest BCUT2D eigenvalue weighted by molar-refractivity contribution is 5.83. The maximum Gasteiger partial charge on any atom is 0.244 e. The van der Waals surface area contributed by atoms with E-state index in [1.165, 1.54) is 12.1 Å². The monoisotopic (exact) mass is 346 g/mol. The van der Waals surface area contributed by atoms with Gasteiger partial charge in [0.2, 0.25) is 5.91 Å². The number of hydrogen-bond donors (Lipinski definition) is 0. The van der Waals surface area contributed by atoms with Gasteiger partial charge in [0.05, 0.1) is 19.8 Å². The van der Waals surface area contributed by atoms with E-state index >= 15 is 0 Å². The lowest BCUT2D eigenvalue weighted by Crippen LogP contribution is -2.46. The van der Waals surface area contributed by atoms with Crippen molar-refractivity contribution >= 4 is 5.91 Å². The summed E-state index contributed by atoms with van der Waals surface area (Å²) >= 11 is 0. The molecule has 0 aliphatic carbocycles. The van der Waals surface area contributed by atoms with Crippen LogP contribution >= 0.6 is 0 Å². The fraction of sp³-hybridized carbons (Fsp3) is 0.444. The van der Waals surface area contributed by atoms with Crippen LogP contribution in [0, 0.1) is 5.82 Å². The Bertz CT molecular complexity index is 686. The molecule has 0 saturated carbocycles. The normalized spacial score (nSPS) is 16.6. The average molecular weight is 346 g/mol. The van der Waals surface area contributed by atoms with Gasteiger partial charge in [0.15, 0.2) is 0 Å². The van der Waals surface area contributed by atoms with Gasteiger partial charge in [-0.1, -0.05) is 12.1 Å². The van der Waals surface area contributed by atoms with Gasteiger partial charge in [-0.05, 0) is 23.8 Å². The first-order valence-electron chi connectivity index (χ1n) is 8.45. The fourth-order valence-corrected chi connectivity index (χ4v) is 3.03. The van der Waals surface area contributed by atoms with Crippen LogP contribution in [-0.4, -0.2) is 65.4 Å². The minimum absolute atomic E-state index is 0.0420. The number of aromatic nitrogens is 2. The van der Waals surface area contributed by atoms with E-state index in [0.717, 1.165) is 0 Å². The summed E-state index contributed by atoms with van der Waals surface area (Å²) in [6.07, 6.45) is 3.58. The molecule has 0 radical (unpaired) electrons. The first-order chi connectivity index (χ1) is 12.1. The molecule has 1 saturated heterocycles. The zero-order chi connectivity index (χ0) is 17.6. The molecule has 0 unspecified atom stereocenters. The van der Waals surface area contributed by atoms with Crippen LogP contribution in [0.3, 0.4) is 0 Å². The molecular formula is C18H23FN4O2. The topological polar surface area (TPSA) is 50.6 Å². The van der Waals surface area contributed by atoms with Gasteiger partial charge in [-0.2, -0.15) is 5.10 Å². The summed E-state index contributed by atoms with van der Waals surface area (Å²) in [5.74, 6) is -0.373. The summed E-state index contributed by atoms with van der Waals surface area (Å²) in [5.41, 5.74) is 0.679. The third-order valence-corrected chi connectivity index (χ3v) is 4.41. The van der Waals surface area contributed by atoms with Gasteiger partial charge in [-0.25, -0.2) is 4.39 Å². The molecule has 3 rings (SSSR count). The highest BCUT2D eigenvalue weighted by atomic mass is 19.1. The number of hydrogen-bond acceptors (Lipinski definition) is 4. The Balaban J connectivity index is 1.76. The predicted octanol–water partition coefficient (Wildman–Crippen LogP) is 1.55. The first kappa shape index (κ1) is 17.6. The number of ether oxygens (including phenoxy) is 1. The molecule has 1 aromatic carbocycles. The maximum absolute atomic E-state index is 13.7. The van der Waals surface area contributed by atoms with Crippen molar-refractivity contribution in [1.82, 2.24) is 19.6 Å². The van der Waals surface area contributed by atoms with Crippen molar-refractivity contribution in [2.45, 2.75) is 12.6 Å². The van der Waals surface area contributed by atoms with E-state index < -0.39 is 6.04 Å². The van der Waals surface area contributed by atoms with E-state index in [1.54, 1.807) is 28.9 Å². The highest BCUT2D eigenvalue weighted by Crippen LogP contribution is 2.24. The van der Waals surface area contributed by atoms with E-state index in [1.807, 2.05) is 18.3 Å². The Hall–Kier alpha value is -2.25. The van der Waals surface area contributed by atoms with Crippen LogP contribution in [0.25, 0.3) is 0 Å². The summed E-state index contributed by atoms with van der Waals surface area (Å²) in [4.78, 5) is 16.9. The zero-order valence-electron chi connectivity index (χ0n) is 14.3. The second-order valence-corrected chi connectivity index (χ2v) is 6.13. The number of carbonyl (C=O) groups is 1. The van der Waals surface area contributed by atoms with Gasteiger partial charge < -0.3 is 9.64 Å². The van der Waals surface area contributed by atoms with E-state index in [-0.39, 0.29) is 11.7 Å². The number of halogens is 1. The van der Waals surface area contributed by atoms with Gasteiger partial charge >= 0.3 is 0 Å². The van der Waals surface area contributed by atoms with Crippen molar-refractivity contribution in [3.63, 3.8) is 0 Å². The minimum Gasteiger partial charge on any atom is -0.379 e. The maximum atomic E-state index is 13.7. The summed E-state index contributed by atoms with van der Waals surface area (Å²) in [6, 6.07) is 7.65. The second kappa shape index (κ2) is 8.22. The second-order valence-electron chi connectivity index (χ2n) is 6.13. The molecule has 25 heavy (non-hydrogen) atoms. The number of likely N-dealkylation sites (N-methyl/N-ethyl adjacent to an activating group) is 1. The largest absolute Gasteiger partial charge is 0.379 e. The van der Waals surface area contributed by atoms with Crippen LogP contribution in [0.1, 0.15) is 11.6 Å². The SMILES string of the molecule is CN(CCn1cccn1)C(=O)[C@@H](c1cccc(F)c1)N1CCOCC1. The highest BCUT2D eigenvalue weighted by Gasteiger charge is 2.31. The molecular weight excluding hydrogens is 323 g/mol. The van der Waals surface area contributed by atoms with Crippen LogP contribution in [0.5, 0.6) is 0 Å². The molecule has 0 spiro atoms. The lowest BCUT2D eigenvalue weighted by Gasteiger charge is -2.36. The quantitative estimate of drug-likeness (QED) is 0.796. The van der Waals surface area contributed by atoms with E-state index in [2.05, 4.69) is 10.00 Å². The minimum atomic E-state index is -0.498. The van der Waals surface area contributed by atoms with Crippen molar-refractivity contribution in [2.24, 2.45) is 0 Å². The molecule has 1 atom stereocenters. The Morgan fingerprint density at radius 3 is 2.84 bits per heavy atom. The number of morpholine rings is 1. The van der Waals surface area contributed by atoms with Crippen molar-refractivity contribution < 1.29 is 13.9 Å². The van der Waals surface area contributed by atoms with E-state index in [9.17, 15) is 9.18 Å². The van der Waals surface area contributed by atoms with Crippen molar-refractivity contribution in [3.8, 4) is 0 Å². The van der Waals surface area contributed by atoms with Crippen molar-refractivity contribution in [3.05, 3.63) is 54.1 Å². The molecule has 1 aromatic heterocycles. The summed E-state index contributed by atoms with van der Waals surface area (Å²) < 4.78 is 20.9. The van der Waals surface area contributed by atoms with Crippen molar-refractivity contribution in [1.29, 1.82) is 0 Å². The molecule has 0 N–H and O–H groups in total.